The molecule has 0 aliphatic heterocycles. The second-order valence-electron chi connectivity index (χ2n) is 5.83. The lowest BCUT2D eigenvalue weighted by Crippen LogP contribution is -2.14. The van der Waals surface area contributed by atoms with Gasteiger partial charge in [-0.25, -0.2) is 9.67 Å². The van der Waals surface area contributed by atoms with E-state index in [1.165, 1.54) is 11.8 Å². The first kappa shape index (κ1) is 16.1. The predicted molar refractivity (Wildman–Crippen MR) is 85.2 cm³/mol. The van der Waals surface area contributed by atoms with E-state index in [-0.39, 0.29) is 17.0 Å². The van der Waals surface area contributed by atoms with E-state index >= 15 is 0 Å². The predicted octanol–water partition coefficient (Wildman–Crippen LogP) is 4.37. The van der Waals surface area contributed by atoms with Gasteiger partial charge in [-0.3, -0.25) is 0 Å². The number of rotatable bonds is 3. The molecule has 3 aromatic rings. The highest BCUT2D eigenvalue weighted by Crippen LogP contribution is 2.44. The molecule has 1 saturated carbocycles. The van der Waals surface area contributed by atoms with E-state index in [9.17, 15) is 13.2 Å². The Hall–Kier alpha value is -2.35. The summed E-state index contributed by atoms with van der Waals surface area (Å²) in [6.45, 7) is 0. The summed E-state index contributed by atoms with van der Waals surface area (Å²) in [7, 11) is 1.54. The molecule has 0 radical (unpaired) electrons. The lowest BCUT2D eigenvalue weighted by molar-refractivity contribution is -0.138. The smallest absolute Gasteiger partial charge is 0.421 e. The van der Waals surface area contributed by atoms with Gasteiger partial charge in [0.2, 0.25) is 5.28 Å². The van der Waals surface area contributed by atoms with Gasteiger partial charge in [-0.2, -0.15) is 23.3 Å². The van der Waals surface area contributed by atoms with Crippen LogP contribution in [0.15, 0.2) is 24.4 Å². The number of alkyl halides is 3. The maximum atomic E-state index is 13.4. The molecule has 0 spiro atoms. The average Bonchev–Trinajstić information content (AvgIpc) is 3.34. The molecule has 130 valence electrons. The normalized spacial score (nSPS) is 14.9. The fourth-order valence-corrected chi connectivity index (χ4v) is 2.91. The van der Waals surface area contributed by atoms with Crippen molar-refractivity contribution < 1.29 is 17.9 Å². The van der Waals surface area contributed by atoms with Crippen molar-refractivity contribution in [3.63, 3.8) is 0 Å². The first-order chi connectivity index (χ1) is 11.9. The first-order valence-corrected chi connectivity index (χ1v) is 7.93. The molecule has 0 N–H and O–H groups in total. The minimum atomic E-state index is -4.62. The van der Waals surface area contributed by atoms with Gasteiger partial charge in [-0.1, -0.05) is 0 Å². The van der Waals surface area contributed by atoms with Gasteiger partial charge < -0.3 is 4.74 Å². The molecule has 2 aromatic heterocycles. The molecule has 25 heavy (non-hydrogen) atoms. The van der Waals surface area contributed by atoms with Gasteiger partial charge in [-0.05, 0) is 42.6 Å². The summed E-state index contributed by atoms with van der Waals surface area (Å²) in [4.78, 5) is 7.27. The standard InChI is InChI=1S/C16H12ClF3N4O/c1-25-9-4-5-12-10(6-9)13(8-2-3-8)23-24(12)14-11(16(18,19)20)7-21-15(17)22-14/h4-8H,2-3H2,1H3. The van der Waals surface area contributed by atoms with Gasteiger partial charge in [0, 0.05) is 17.5 Å². The second-order valence-corrected chi connectivity index (χ2v) is 6.17. The molecule has 0 unspecified atom stereocenters. The van der Waals surface area contributed by atoms with Crippen LogP contribution in [0.25, 0.3) is 16.7 Å². The minimum absolute atomic E-state index is 0.238. The van der Waals surface area contributed by atoms with Gasteiger partial charge in [0.25, 0.3) is 0 Å². The molecular formula is C16H12ClF3N4O. The quantitative estimate of drug-likeness (QED) is 0.644. The summed E-state index contributed by atoms with van der Waals surface area (Å²) in [5.41, 5.74) is 0.277. The Balaban J connectivity index is 2.01. The highest BCUT2D eigenvalue weighted by atomic mass is 35.5. The van der Waals surface area contributed by atoms with Crippen LogP contribution in [0.5, 0.6) is 5.75 Å². The number of methoxy groups -OCH3 is 1. The van der Waals surface area contributed by atoms with E-state index in [1.54, 1.807) is 18.2 Å². The topological polar surface area (TPSA) is 52.8 Å². The fourth-order valence-electron chi connectivity index (χ4n) is 2.78. The zero-order chi connectivity index (χ0) is 17.8. The number of aromatic nitrogens is 4. The SMILES string of the molecule is COc1ccc2c(c1)c(C1CC1)nn2-c1nc(Cl)ncc1C(F)(F)F. The van der Waals surface area contributed by atoms with Gasteiger partial charge in [0.15, 0.2) is 5.82 Å². The van der Waals surface area contributed by atoms with E-state index in [4.69, 9.17) is 16.3 Å². The van der Waals surface area contributed by atoms with Crippen LogP contribution in [0, 0.1) is 0 Å². The van der Waals surface area contributed by atoms with Crippen molar-refractivity contribution in [1.29, 1.82) is 0 Å². The molecule has 0 amide bonds. The summed E-state index contributed by atoms with van der Waals surface area (Å²) in [5, 5.41) is 4.91. The zero-order valence-electron chi connectivity index (χ0n) is 13.0. The van der Waals surface area contributed by atoms with Crippen LogP contribution in [-0.2, 0) is 6.18 Å². The van der Waals surface area contributed by atoms with Crippen molar-refractivity contribution in [3.05, 3.63) is 40.9 Å². The van der Waals surface area contributed by atoms with E-state index in [0.29, 0.717) is 17.5 Å². The molecule has 1 aliphatic carbocycles. The Labute approximate surface area is 145 Å². The first-order valence-electron chi connectivity index (χ1n) is 7.55. The van der Waals surface area contributed by atoms with Crippen LogP contribution >= 0.6 is 11.6 Å². The summed E-state index contributed by atoms with van der Waals surface area (Å²) >= 11 is 5.75. The summed E-state index contributed by atoms with van der Waals surface area (Å²) in [6, 6.07) is 5.12. The molecule has 1 fully saturated rings. The third-order valence-electron chi connectivity index (χ3n) is 4.12. The van der Waals surface area contributed by atoms with E-state index in [1.807, 2.05) is 0 Å². The molecule has 9 heteroatoms. The molecule has 1 aromatic carbocycles. The van der Waals surface area contributed by atoms with Crippen LogP contribution < -0.4 is 4.74 Å². The highest BCUT2D eigenvalue weighted by Gasteiger charge is 2.37. The lowest BCUT2D eigenvalue weighted by atomic mass is 10.1. The number of halogens is 4. The molecule has 5 nitrogen and oxygen atoms in total. The number of hydrogen-bond acceptors (Lipinski definition) is 4. The molecular weight excluding hydrogens is 357 g/mol. The van der Waals surface area contributed by atoms with Crippen molar-refractivity contribution >= 4 is 22.5 Å². The molecule has 0 atom stereocenters. The van der Waals surface area contributed by atoms with Crippen molar-refractivity contribution in [2.45, 2.75) is 24.9 Å². The lowest BCUT2D eigenvalue weighted by Gasteiger charge is -2.12. The van der Waals surface area contributed by atoms with Crippen LogP contribution in [0.3, 0.4) is 0 Å². The third-order valence-corrected chi connectivity index (χ3v) is 4.31. The maximum absolute atomic E-state index is 13.4. The number of fused-ring (bicyclic) bond motifs is 1. The summed E-state index contributed by atoms with van der Waals surface area (Å²) < 4.78 is 46.6. The second kappa shape index (κ2) is 5.59. The monoisotopic (exact) mass is 368 g/mol. The van der Waals surface area contributed by atoms with Crippen LogP contribution in [0.1, 0.15) is 30.0 Å². The molecule has 4 rings (SSSR count). The van der Waals surface area contributed by atoms with E-state index in [0.717, 1.165) is 23.9 Å². The summed E-state index contributed by atoms with van der Waals surface area (Å²) in [6.07, 6.45) is -2.02. The Bertz CT molecular complexity index is 966. The summed E-state index contributed by atoms with van der Waals surface area (Å²) in [5.74, 6) is 0.475. The fraction of sp³-hybridized carbons (Fsp3) is 0.312. The molecule has 0 bridgehead atoms. The zero-order valence-corrected chi connectivity index (χ0v) is 13.8. The number of hydrogen-bond donors (Lipinski definition) is 0. The Morgan fingerprint density at radius 1 is 1.28 bits per heavy atom. The molecule has 1 aliphatic rings. The largest absolute Gasteiger partial charge is 0.497 e. The third kappa shape index (κ3) is 2.80. The van der Waals surface area contributed by atoms with Gasteiger partial charge in [0.1, 0.15) is 11.3 Å². The van der Waals surface area contributed by atoms with Crippen LogP contribution in [-0.4, -0.2) is 26.9 Å². The number of nitrogens with zero attached hydrogens (tertiary/aromatic N) is 4. The minimum Gasteiger partial charge on any atom is -0.497 e. The number of benzene rings is 1. The van der Waals surface area contributed by atoms with Crippen molar-refractivity contribution in [2.24, 2.45) is 0 Å². The van der Waals surface area contributed by atoms with Gasteiger partial charge in [-0.15, -0.1) is 0 Å². The molecule has 0 saturated heterocycles. The van der Waals surface area contributed by atoms with Crippen molar-refractivity contribution in [2.75, 3.05) is 7.11 Å². The van der Waals surface area contributed by atoms with Crippen molar-refractivity contribution in [1.82, 2.24) is 19.7 Å². The maximum Gasteiger partial charge on any atom is 0.421 e. The van der Waals surface area contributed by atoms with Crippen LogP contribution in [0.2, 0.25) is 5.28 Å². The average molecular weight is 369 g/mol. The Kier molecular flexibility index (Phi) is 3.61. The highest BCUT2D eigenvalue weighted by molar-refractivity contribution is 6.28. The van der Waals surface area contributed by atoms with Gasteiger partial charge in [0.05, 0.1) is 18.3 Å². The van der Waals surface area contributed by atoms with E-state index < -0.39 is 11.7 Å². The number of ether oxygens (including phenoxy) is 1. The van der Waals surface area contributed by atoms with Gasteiger partial charge >= 0.3 is 6.18 Å². The Morgan fingerprint density at radius 3 is 2.68 bits per heavy atom. The Morgan fingerprint density at radius 2 is 2.04 bits per heavy atom. The molecule has 2 heterocycles. The van der Waals surface area contributed by atoms with Crippen molar-refractivity contribution in [3.8, 4) is 11.6 Å². The van der Waals surface area contributed by atoms with E-state index in [2.05, 4.69) is 15.1 Å². The van der Waals surface area contributed by atoms with Crippen LogP contribution in [0.4, 0.5) is 13.2 Å².